The number of likely N-dealkylation sites (tertiary alicyclic amines) is 1. The molecule has 0 aliphatic carbocycles. The molecule has 28 heavy (non-hydrogen) atoms. The number of imide groups is 1. The molecular formula is C20H22N6O2. The van der Waals surface area contributed by atoms with Gasteiger partial charge in [0.2, 0.25) is 0 Å². The minimum Gasteiger partial charge on any atom is -0.338 e. The molecule has 0 atom stereocenters. The number of aromatic amines is 1. The van der Waals surface area contributed by atoms with Gasteiger partial charge >= 0.3 is 0 Å². The zero-order valence-electron chi connectivity index (χ0n) is 16.2. The van der Waals surface area contributed by atoms with Gasteiger partial charge in [0.1, 0.15) is 5.82 Å². The summed E-state index contributed by atoms with van der Waals surface area (Å²) in [6.45, 7) is 3.72. The van der Waals surface area contributed by atoms with E-state index in [2.05, 4.69) is 27.0 Å². The second kappa shape index (κ2) is 6.00. The third kappa shape index (κ3) is 2.48. The Morgan fingerprint density at radius 2 is 1.71 bits per heavy atom. The zero-order valence-corrected chi connectivity index (χ0v) is 16.2. The second-order valence-electron chi connectivity index (χ2n) is 7.82. The number of carbonyl (C=O) groups excluding carboxylic acids is 2. The molecule has 1 fully saturated rings. The molecule has 2 aliphatic rings. The maximum atomic E-state index is 13.0. The lowest BCUT2D eigenvalue weighted by Gasteiger charge is -2.33. The molecule has 4 heterocycles. The highest BCUT2D eigenvalue weighted by Crippen LogP contribution is 2.32. The molecule has 1 N–H and O–H groups in total. The number of rotatable bonds is 2. The number of H-pyrrole nitrogens is 1. The number of benzene rings is 1. The van der Waals surface area contributed by atoms with Crippen LogP contribution in [0.2, 0.25) is 0 Å². The van der Waals surface area contributed by atoms with Gasteiger partial charge in [-0.05, 0) is 52.0 Å². The highest BCUT2D eigenvalue weighted by Gasteiger charge is 2.41. The molecular weight excluding hydrogens is 356 g/mol. The monoisotopic (exact) mass is 378 g/mol. The number of hydrogen-bond donors (Lipinski definition) is 1. The van der Waals surface area contributed by atoms with Gasteiger partial charge in [0.05, 0.1) is 33.4 Å². The van der Waals surface area contributed by atoms with Crippen molar-refractivity contribution in [2.75, 3.05) is 20.1 Å². The van der Waals surface area contributed by atoms with E-state index in [4.69, 9.17) is 0 Å². The summed E-state index contributed by atoms with van der Waals surface area (Å²) in [4.78, 5) is 37.6. The molecule has 0 radical (unpaired) electrons. The molecule has 1 aromatic carbocycles. The van der Waals surface area contributed by atoms with Crippen LogP contribution in [0, 0.1) is 6.92 Å². The van der Waals surface area contributed by atoms with Crippen LogP contribution < -0.4 is 0 Å². The highest BCUT2D eigenvalue weighted by molar-refractivity contribution is 6.23. The largest absolute Gasteiger partial charge is 0.338 e. The van der Waals surface area contributed by atoms with Crippen LogP contribution >= 0.6 is 0 Å². The van der Waals surface area contributed by atoms with Gasteiger partial charge in [-0.1, -0.05) is 0 Å². The Morgan fingerprint density at radius 1 is 1.04 bits per heavy atom. The van der Waals surface area contributed by atoms with Crippen molar-refractivity contribution in [3.8, 4) is 11.4 Å². The number of aromatic nitrogens is 4. The fourth-order valence-corrected chi connectivity index (χ4v) is 4.31. The van der Waals surface area contributed by atoms with E-state index in [1.807, 2.05) is 20.2 Å². The van der Waals surface area contributed by atoms with E-state index in [9.17, 15) is 9.59 Å². The summed E-state index contributed by atoms with van der Waals surface area (Å²) in [7, 11) is 3.93. The lowest BCUT2D eigenvalue weighted by molar-refractivity contribution is 0.0516. The summed E-state index contributed by atoms with van der Waals surface area (Å²) < 4.78 is 1.74. The van der Waals surface area contributed by atoms with Gasteiger partial charge < -0.3 is 9.88 Å². The Morgan fingerprint density at radius 3 is 2.36 bits per heavy atom. The van der Waals surface area contributed by atoms with Crippen LogP contribution in [0.25, 0.3) is 22.4 Å². The molecule has 2 aliphatic heterocycles. The number of nitrogens with one attached hydrogen (secondary N) is 1. The molecule has 2 amide bonds. The van der Waals surface area contributed by atoms with Gasteiger partial charge in [0.25, 0.3) is 11.8 Å². The Hall–Kier alpha value is -3.00. The topological polar surface area (TPSA) is 87.1 Å². The van der Waals surface area contributed by atoms with Gasteiger partial charge in [-0.15, -0.1) is 0 Å². The molecule has 0 bridgehead atoms. The molecule has 2 aromatic heterocycles. The number of imidazole rings is 1. The average Bonchev–Trinajstić information content (AvgIpc) is 3.29. The van der Waals surface area contributed by atoms with E-state index in [-0.39, 0.29) is 17.9 Å². The molecule has 8 nitrogen and oxygen atoms in total. The van der Waals surface area contributed by atoms with Crippen molar-refractivity contribution < 1.29 is 9.59 Å². The molecule has 144 valence electrons. The Bertz CT molecular complexity index is 1070. The van der Waals surface area contributed by atoms with Gasteiger partial charge in [0, 0.05) is 19.3 Å². The van der Waals surface area contributed by atoms with Crippen molar-refractivity contribution in [2.24, 2.45) is 7.05 Å². The molecule has 5 rings (SSSR count). The second-order valence-corrected chi connectivity index (χ2v) is 7.82. The highest BCUT2D eigenvalue weighted by atomic mass is 16.2. The standard InChI is InChI=1S/C20H22N6O2/c1-11-15(10-25(3)23-11)18-21-16-8-13-14(9-17(16)22-18)20(28)26(19(13)27)12-4-6-24(2)7-5-12/h8-10,12H,4-7H2,1-3H3,(H,21,22). The van der Waals surface area contributed by atoms with Crippen LogP contribution in [-0.4, -0.2) is 67.5 Å². The van der Waals surface area contributed by atoms with Gasteiger partial charge in [-0.2, -0.15) is 5.10 Å². The van der Waals surface area contributed by atoms with E-state index < -0.39 is 0 Å². The molecule has 0 unspecified atom stereocenters. The van der Waals surface area contributed by atoms with Crippen molar-refractivity contribution in [3.63, 3.8) is 0 Å². The molecule has 0 saturated carbocycles. The molecule has 1 saturated heterocycles. The Labute approximate surface area is 162 Å². The van der Waals surface area contributed by atoms with Gasteiger partial charge in [0.15, 0.2) is 0 Å². The number of amides is 2. The average molecular weight is 378 g/mol. The van der Waals surface area contributed by atoms with Crippen LogP contribution in [0.4, 0.5) is 0 Å². The summed E-state index contributed by atoms with van der Waals surface area (Å²) in [6.07, 6.45) is 3.55. The third-order valence-electron chi connectivity index (χ3n) is 5.84. The number of carbonyl (C=O) groups is 2. The van der Waals surface area contributed by atoms with Crippen molar-refractivity contribution in [2.45, 2.75) is 25.8 Å². The first-order chi connectivity index (χ1) is 13.4. The normalized spacial score (nSPS) is 18.5. The van der Waals surface area contributed by atoms with E-state index in [0.717, 1.165) is 42.7 Å². The summed E-state index contributed by atoms with van der Waals surface area (Å²) in [5, 5.41) is 4.35. The predicted octanol–water partition coefficient (Wildman–Crippen LogP) is 1.96. The Balaban J connectivity index is 1.53. The summed E-state index contributed by atoms with van der Waals surface area (Å²) in [5.74, 6) is 0.306. The maximum Gasteiger partial charge on any atom is 0.261 e. The van der Waals surface area contributed by atoms with Crippen molar-refractivity contribution in [1.29, 1.82) is 0 Å². The van der Waals surface area contributed by atoms with Crippen molar-refractivity contribution >= 4 is 22.8 Å². The van der Waals surface area contributed by atoms with Gasteiger partial charge in [-0.3, -0.25) is 19.2 Å². The predicted molar refractivity (Wildman–Crippen MR) is 104 cm³/mol. The fraction of sp³-hybridized carbons (Fsp3) is 0.400. The number of piperidine rings is 1. The fourth-order valence-electron chi connectivity index (χ4n) is 4.31. The SMILES string of the molecule is Cc1nn(C)cc1-c1nc2cc3c(cc2[nH]1)C(=O)N(C1CCN(C)CC1)C3=O. The van der Waals surface area contributed by atoms with E-state index in [1.54, 1.807) is 16.8 Å². The first kappa shape index (κ1) is 17.1. The first-order valence-electron chi connectivity index (χ1n) is 9.53. The minimum absolute atomic E-state index is 0.0245. The van der Waals surface area contributed by atoms with Crippen LogP contribution in [0.15, 0.2) is 18.3 Å². The number of nitrogens with zero attached hydrogens (tertiary/aromatic N) is 5. The maximum absolute atomic E-state index is 13.0. The van der Waals surface area contributed by atoms with E-state index in [1.165, 1.54) is 4.90 Å². The third-order valence-corrected chi connectivity index (χ3v) is 5.84. The Kier molecular flexibility index (Phi) is 3.67. The van der Waals surface area contributed by atoms with Crippen molar-refractivity contribution in [1.82, 2.24) is 29.5 Å². The summed E-state index contributed by atoms with van der Waals surface area (Å²) >= 11 is 0. The van der Waals surface area contributed by atoms with Crippen LogP contribution in [0.3, 0.4) is 0 Å². The van der Waals surface area contributed by atoms with Crippen LogP contribution in [-0.2, 0) is 7.05 Å². The summed E-state index contributed by atoms with van der Waals surface area (Å²) in [5.41, 5.74) is 4.14. The molecule has 8 heteroatoms. The molecule has 0 spiro atoms. The number of aryl methyl sites for hydroxylation is 2. The van der Waals surface area contributed by atoms with Gasteiger partial charge in [-0.25, -0.2) is 4.98 Å². The number of hydrogen-bond acceptors (Lipinski definition) is 5. The summed E-state index contributed by atoms with van der Waals surface area (Å²) in [6, 6.07) is 3.48. The lowest BCUT2D eigenvalue weighted by atomic mass is 10.0. The quantitative estimate of drug-likeness (QED) is 0.689. The minimum atomic E-state index is -0.196. The first-order valence-corrected chi connectivity index (χ1v) is 9.53. The zero-order chi connectivity index (χ0) is 19.6. The van der Waals surface area contributed by atoms with Crippen LogP contribution in [0.5, 0.6) is 0 Å². The lowest BCUT2D eigenvalue weighted by Crippen LogP contribution is -2.46. The number of fused-ring (bicyclic) bond motifs is 2. The van der Waals surface area contributed by atoms with Crippen molar-refractivity contribution in [3.05, 3.63) is 35.2 Å². The molecule has 3 aromatic rings. The van der Waals surface area contributed by atoms with E-state index in [0.29, 0.717) is 22.5 Å². The smallest absolute Gasteiger partial charge is 0.261 e. The van der Waals surface area contributed by atoms with Crippen LogP contribution in [0.1, 0.15) is 39.3 Å². The van der Waals surface area contributed by atoms with E-state index >= 15 is 0 Å².